The number of rotatable bonds is 6. The molecule has 0 saturated carbocycles. The Labute approximate surface area is 106 Å². The van der Waals surface area contributed by atoms with Gasteiger partial charge in [-0.05, 0) is 24.3 Å². The van der Waals surface area contributed by atoms with Gasteiger partial charge in [0.1, 0.15) is 0 Å². The van der Waals surface area contributed by atoms with E-state index in [0.717, 1.165) is 25.3 Å². The van der Waals surface area contributed by atoms with Crippen LogP contribution < -0.4 is 5.32 Å². The maximum Gasteiger partial charge on any atom is 0.0949 e. The van der Waals surface area contributed by atoms with Crippen molar-refractivity contribution in [1.82, 2.24) is 14.9 Å². The van der Waals surface area contributed by atoms with Gasteiger partial charge in [-0.3, -0.25) is 0 Å². The number of aromatic nitrogens is 2. The smallest absolute Gasteiger partial charge is 0.0949 e. The molecule has 1 aromatic rings. The second-order valence-electron chi connectivity index (χ2n) is 6.44. The van der Waals surface area contributed by atoms with Gasteiger partial charge in [0, 0.05) is 19.3 Å². The first-order chi connectivity index (χ1) is 7.87. The van der Waals surface area contributed by atoms with Gasteiger partial charge in [0.25, 0.3) is 0 Å². The molecule has 1 aromatic heterocycles. The summed E-state index contributed by atoms with van der Waals surface area (Å²) >= 11 is 0. The predicted octanol–water partition coefficient (Wildman–Crippen LogP) is 3.06. The van der Waals surface area contributed by atoms with Crippen LogP contribution in [0.1, 0.15) is 46.7 Å². The Balaban J connectivity index is 2.32. The quantitative estimate of drug-likeness (QED) is 0.824. The molecule has 0 amide bonds. The molecule has 0 aromatic carbocycles. The Bertz CT molecular complexity index is 320. The van der Waals surface area contributed by atoms with E-state index in [1.807, 2.05) is 6.33 Å². The molecule has 0 fully saturated rings. The highest BCUT2D eigenvalue weighted by molar-refractivity contribution is 4.96. The zero-order valence-corrected chi connectivity index (χ0v) is 12.0. The highest BCUT2D eigenvalue weighted by Crippen LogP contribution is 2.19. The summed E-state index contributed by atoms with van der Waals surface area (Å²) in [6, 6.07) is 0. The molecule has 17 heavy (non-hydrogen) atoms. The summed E-state index contributed by atoms with van der Waals surface area (Å²) in [4.78, 5) is 4.41. The number of hydrogen-bond acceptors (Lipinski definition) is 2. The highest BCUT2D eigenvalue weighted by Gasteiger charge is 2.10. The molecule has 0 bridgehead atoms. The van der Waals surface area contributed by atoms with Crippen molar-refractivity contribution in [3.63, 3.8) is 0 Å². The van der Waals surface area contributed by atoms with Crippen molar-refractivity contribution >= 4 is 0 Å². The van der Waals surface area contributed by atoms with Crippen LogP contribution in [0.3, 0.4) is 0 Å². The Kier molecular flexibility index (Phi) is 5.19. The Hall–Kier alpha value is -0.830. The summed E-state index contributed by atoms with van der Waals surface area (Å²) in [6.45, 7) is 14.2. The molecule has 0 aliphatic rings. The van der Waals surface area contributed by atoms with Crippen molar-refractivity contribution in [2.24, 2.45) is 11.3 Å². The van der Waals surface area contributed by atoms with E-state index in [1.165, 1.54) is 6.42 Å². The van der Waals surface area contributed by atoms with Gasteiger partial charge in [-0.1, -0.05) is 34.6 Å². The first-order valence-electron chi connectivity index (χ1n) is 6.58. The monoisotopic (exact) mass is 237 g/mol. The number of nitrogens with zero attached hydrogens (tertiary/aromatic N) is 2. The summed E-state index contributed by atoms with van der Waals surface area (Å²) in [5, 5.41) is 3.41. The molecule has 0 aliphatic heterocycles. The molecule has 1 heterocycles. The zero-order valence-electron chi connectivity index (χ0n) is 12.0. The lowest BCUT2D eigenvalue weighted by Crippen LogP contribution is -2.19. The largest absolute Gasteiger partial charge is 0.337 e. The maximum atomic E-state index is 4.41. The third-order valence-electron chi connectivity index (χ3n) is 2.67. The molecule has 0 unspecified atom stereocenters. The lowest BCUT2D eigenvalue weighted by Gasteiger charge is -2.17. The Morgan fingerprint density at radius 2 is 2.06 bits per heavy atom. The van der Waals surface area contributed by atoms with E-state index in [2.05, 4.69) is 55.7 Å². The topological polar surface area (TPSA) is 29.9 Å². The van der Waals surface area contributed by atoms with Crippen LogP contribution >= 0.6 is 0 Å². The van der Waals surface area contributed by atoms with Crippen LogP contribution in [0.2, 0.25) is 0 Å². The minimum atomic E-state index is 0.389. The molecule has 0 radical (unpaired) electrons. The SMILES string of the molecule is CC(C)CNCc1cn(CCC(C)(C)C)cn1. The van der Waals surface area contributed by atoms with Crippen molar-refractivity contribution < 1.29 is 0 Å². The fourth-order valence-electron chi connectivity index (χ4n) is 1.57. The second kappa shape index (κ2) is 6.20. The average molecular weight is 237 g/mol. The van der Waals surface area contributed by atoms with Gasteiger partial charge in [-0.15, -0.1) is 0 Å². The molecule has 98 valence electrons. The van der Waals surface area contributed by atoms with Crippen molar-refractivity contribution in [2.75, 3.05) is 6.54 Å². The van der Waals surface area contributed by atoms with Crippen molar-refractivity contribution in [2.45, 2.75) is 54.1 Å². The van der Waals surface area contributed by atoms with Crippen LogP contribution in [0.5, 0.6) is 0 Å². The fraction of sp³-hybridized carbons (Fsp3) is 0.786. The molecule has 0 saturated heterocycles. The third-order valence-corrected chi connectivity index (χ3v) is 2.67. The van der Waals surface area contributed by atoms with Gasteiger partial charge >= 0.3 is 0 Å². The third kappa shape index (κ3) is 6.47. The molecule has 0 atom stereocenters. The van der Waals surface area contributed by atoms with Crippen molar-refractivity contribution in [1.29, 1.82) is 0 Å². The van der Waals surface area contributed by atoms with Crippen LogP contribution in [0.25, 0.3) is 0 Å². The van der Waals surface area contributed by atoms with Crippen molar-refractivity contribution in [3.05, 3.63) is 18.2 Å². The number of aryl methyl sites for hydroxylation is 1. The Morgan fingerprint density at radius 1 is 1.35 bits per heavy atom. The lowest BCUT2D eigenvalue weighted by atomic mass is 9.92. The van der Waals surface area contributed by atoms with E-state index in [0.29, 0.717) is 11.3 Å². The van der Waals surface area contributed by atoms with Gasteiger partial charge in [0.15, 0.2) is 0 Å². The van der Waals surface area contributed by atoms with E-state index in [1.54, 1.807) is 0 Å². The van der Waals surface area contributed by atoms with Crippen LogP contribution in [0, 0.1) is 11.3 Å². The van der Waals surface area contributed by atoms with Crippen LogP contribution in [0.15, 0.2) is 12.5 Å². The van der Waals surface area contributed by atoms with E-state index in [4.69, 9.17) is 0 Å². The first kappa shape index (κ1) is 14.2. The molecular weight excluding hydrogens is 210 g/mol. The highest BCUT2D eigenvalue weighted by atomic mass is 15.0. The van der Waals surface area contributed by atoms with E-state index in [-0.39, 0.29) is 0 Å². The molecule has 3 heteroatoms. The van der Waals surface area contributed by atoms with Crippen LogP contribution in [0.4, 0.5) is 0 Å². The minimum Gasteiger partial charge on any atom is -0.337 e. The number of imidazole rings is 1. The number of hydrogen-bond donors (Lipinski definition) is 1. The average Bonchev–Trinajstić information content (AvgIpc) is 2.61. The molecule has 1 N–H and O–H groups in total. The summed E-state index contributed by atoms with van der Waals surface area (Å²) in [6.07, 6.45) is 5.28. The van der Waals surface area contributed by atoms with Crippen molar-refractivity contribution in [3.8, 4) is 0 Å². The van der Waals surface area contributed by atoms with E-state index < -0.39 is 0 Å². The first-order valence-corrected chi connectivity index (χ1v) is 6.58. The van der Waals surface area contributed by atoms with Gasteiger partial charge < -0.3 is 9.88 Å². The summed E-state index contributed by atoms with van der Waals surface area (Å²) < 4.78 is 2.19. The predicted molar refractivity (Wildman–Crippen MR) is 72.8 cm³/mol. The van der Waals surface area contributed by atoms with Gasteiger partial charge in [0.2, 0.25) is 0 Å². The molecular formula is C14H27N3. The summed E-state index contributed by atoms with van der Waals surface area (Å²) in [5.74, 6) is 0.693. The van der Waals surface area contributed by atoms with Gasteiger partial charge in [-0.2, -0.15) is 0 Å². The second-order valence-corrected chi connectivity index (χ2v) is 6.44. The summed E-state index contributed by atoms with van der Waals surface area (Å²) in [5.41, 5.74) is 1.53. The van der Waals surface area contributed by atoms with Crippen LogP contribution in [-0.2, 0) is 13.1 Å². The molecule has 0 spiro atoms. The molecule has 3 nitrogen and oxygen atoms in total. The van der Waals surface area contributed by atoms with Crippen LogP contribution in [-0.4, -0.2) is 16.1 Å². The number of nitrogens with one attached hydrogen (secondary N) is 1. The Morgan fingerprint density at radius 3 is 2.65 bits per heavy atom. The van der Waals surface area contributed by atoms with E-state index in [9.17, 15) is 0 Å². The molecule has 1 rings (SSSR count). The van der Waals surface area contributed by atoms with Gasteiger partial charge in [0.05, 0.1) is 12.0 Å². The lowest BCUT2D eigenvalue weighted by molar-refractivity contribution is 0.350. The normalized spacial score (nSPS) is 12.4. The maximum absolute atomic E-state index is 4.41. The zero-order chi connectivity index (χ0) is 12.9. The van der Waals surface area contributed by atoms with Gasteiger partial charge in [-0.25, -0.2) is 4.98 Å². The molecule has 0 aliphatic carbocycles. The fourth-order valence-corrected chi connectivity index (χ4v) is 1.57. The van der Waals surface area contributed by atoms with E-state index >= 15 is 0 Å². The standard InChI is InChI=1S/C14H27N3/c1-12(2)8-15-9-13-10-17(11-16-13)7-6-14(3,4)5/h10-12,15H,6-9H2,1-5H3. The minimum absolute atomic E-state index is 0.389. The summed E-state index contributed by atoms with van der Waals surface area (Å²) in [7, 11) is 0.